The normalized spacial score (nSPS) is 13.6. The highest BCUT2D eigenvalue weighted by Gasteiger charge is 2.55. The van der Waals surface area contributed by atoms with Crippen molar-refractivity contribution in [3.05, 3.63) is 57.5 Å². The minimum atomic E-state index is -5.16. The number of anilines is 2. The summed E-state index contributed by atoms with van der Waals surface area (Å²) in [7, 11) is 0. The maximum absolute atomic E-state index is 12.7. The van der Waals surface area contributed by atoms with E-state index >= 15 is 0 Å². The van der Waals surface area contributed by atoms with Crippen LogP contribution in [-0.2, 0) is 4.79 Å². The summed E-state index contributed by atoms with van der Waals surface area (Å²) in [6, 6.07) is 10.4. The Bertz CT molecular complexity index is 871. The molecule has 0 saturated heterocycles. The number of carbonyl (C=O) groups is 2. The number of hydrogen-bond acceptors (Lipinski definition) is 3. The van der Waals surface area contributed by atoms with E-state index in [-0.39, 0.29) is 16.3 Å². The van der Waals surface area contributed by atoms with Crippen molar-refractivity contribution in [2.45, 2.75) is 18.7 Å². The van der Waals surface area contributed by atoms with Gasteiger partial charge in [0.2, 0.25) is 5.60 Å². The zero-order chi connectivity index (χ0) is 20.4. The van der Waals surface area contributed by atoms with Gasteiger partial charge in [0, 0.05) is 15.7 Å². The van der Waals surface area contributed by atoms with E-state index in [9.17, 15) is 27.9 Å². The van der Waals surface area contributed by atoms with E-state index in [0.717, 1.165) is 4.47 Å². The van der Waals surface area contributed by atoms with Gasteiger partial charge in [0.1, 0.15) is 0 Å². The van der Waals surface area contributed by atoms with Crippen LogP contribution in [0.25, 0.3) is 0 Å². The maximum Gasteiger partial charge on any atom is 0.426 e. The standard InChI is InChI=1S/C17H13BrClF3N2O3/c1-16(27,17(20,21)22)15(26)24-13-7-2-9(8-12(13)19)14(25)23-11-5-3-10(18)4-6-11/h2-8,27H,1H3,(H,23,25)(H,24,26). The SMILES string of the molecule is CC(O)(C(=O)Nc1ccc(C(=O)Nc2ccc(Br)cc2)cc1Cl)C(F)(F)F. The summed E-state index contributed by atoms with van der Waals surface area (Å²) >= 11 is 9.21. The first-order chi connectivity index (χ1) is 12.4. The Labute approximate surface area is 165 Å². The van der Waals surface area contributed by atoms with Crippen LogP contribution in [0.15, 0.2) is 46.9 Å². The van der Waals surface area contributed by atoms with E-state index in [0.29, 0.717) is 12.6 Å². The predicted molar refractivity (Wildman–Crippen MR) is 98.9 cm³/mol. The quantitative estimate of drug-likeness (QED) is 0.617. The van der Waals surface area contributed by atoms with E-state index in [1.807, 2.05) is 5.32 Å². The molecule has 2 amide bonds. The van der Waals surface area contributed by atoms with E-state index in [1.54, 1.807) is 24.3 Å². The van der Waals surface area contributed by atoms with Gasteiger partial charge in [-0.2, -0.15) is 13.2 Å². The third kappa shape index (κ3) is 5.00. The highest BCUT2D eigenvalue weighted by Crippen LogP contribution is 2.32. The van der Waals surface area contributed by atoms with Gasteiger partial charge in [0.25, 0.3) is 11.8 Å². The number of halogens is 5. The Morgan fingerprint density at radius 2 is 1.67 bits per heavy atom. The van der Waals surface area contributed by atoms with E-state index < -0.39 is 23.6 Å². The Kier molecular flexibility index (Phi) is 6.18. The number of nitrogens with one attached hydrogen (secondary N) is 2. The van der Waals surface area contributed by atoms with Gasteiger partial charge < -0.3 is 15.7 Å². The average molecular weight is 466 g/mol. The summed E-state index contributed by atoms with van der Waals surface area (Å²) in [4.78, 5) is 23.9. The molecule has 3 N–H and O–H groups in total. The Balaban J connectivity index is 2.14. The fourth-order valence-corrected chi connectivity index (χ4v) is 2.36. The number of aliphatic hydroxyl groups is 1. The molecule has 2 aromatic carbocycles. The maximum atomic E-state index is 12.7. The smallest absolute Gasteiger partial charge is 0.373 e. The second-order valence-corrected chi connectivity index (χ2v) is 7.00. The fourth-order valence-electron chi connectivity index (χ4n) is 1.87. The number of alkyl halides is 3. The minimum absolute atomic E-state index is 0.128. The van der Waals surface area contributed by atoms with Crippen molar-refractivity contribution < 1.29 is 27.9 Å². The molecule has 1 atom stereocenters. The molecule has 0 aliphatic carbocycles. The van der Waals surface area contributed by atoms with Crippen LogP contribution in [0.4, 0.5) is 24.5 Å². The van der Waals surface area contributed by atoms with Crippen molar-refractivity contribution in [3.63, 3.8) is 0 Å². The molecular formula is C17H13BrClF3N2O3. The van der Waals surface area contributed by atoms with Crippen molar-refractivity contribution in [3.8, 4) is 0 Å². The number of carbonyl (C=O) groups excluding carboxylic acids is 2. The molecule has 5 nitrogen and oxygen atoms in total. The summed E-state index contributed by atoms with van der Waals surface area (Å²) in [5.41, 5.74) is -3.11. The first-order valence-electron chi connectivity index (χ1n) is 7.39. The van der Waals surface area contributed by atoms with Crippen molar-refractivity contribution in [1.82, 2.24) is 0 Å². The minimum Gasteiger partial charge on any atom is -0.373 e. The lowest BCUT2D eigenvalue weighted by atomic mass is 10.1. The van der Waals surface area contributed by atoms with Gasteiger partial charge in [-0.3, -0.25) is 9.59 Å². The molecule has 2 rings (SSSR count). The first kappa shape index (κ1) is 21.2. The van der Waals surface area contributed by atoms with Crippen molar-refractivity contribution in [2.24, 2.45) is 0 Å². The van der Waals surface area contributed by atoms with E-state index in [2.05, 4.69) is 21.2 Å². The molecular weight excluding hydrogens is 453 g/mol. The molecule has 0 radical (unpaired) electrons. The van der Waals surface area contributed by atoms with Crippen LogP contribution in [-0.4, -0.2) is 28.7 Å². The zero-order valence-corrected chi connectivity index (χ0v) is 16.0. The Morgan fingerprint density at radius 3 is 2.19 bits per heavy atom. The van der Waals surface area contributed by atoms with Crippen LogP contribution in [0.1, 0.15) is 17.3 Å². The lowest BCUT2D eigenvalue weighted by Crippen LogP contribution is -2.52. The Hall–Kier alpha value is -2.10. The number of amides is 2. The molecule has 0 aromatic heterocycles. The number of benzene rings is 2. The third-order valence-corrected chi connectivity index (χ3v) is 4.42. The summed E-state index contributed by atoms with van der Waals surface area (Å²) in [6.07, 6.45) is -5.16. The lowest BCUT2D eigenvalue weighted by Gasteiger charge is -2.25. The second kappa shape index (κ2) is 7.87. The zero-order valence-electron chi connectivity index (χ0n) is 13.7. The molecule has 0 aliphatic heterocycles. The van der Waals surface area contributed by atoms with Crippen molar-refractivity contribution in [1.29, 1.82) is 0 Å². The molecule has 0 spiro atoms. The highest BCUT2D eigenvalue weighted by atomic mass is 79.9. The molecule has 10 heteroatoms. The third-order valence-electron chi connectivity index (χ3n) is 3.58. The largest absolute Gasteiger partial charge is 0.426 e. The molecule has 0 bridgehead atoms. The van der Waals surface area contributed by atoms with Gasteiger partial charge in [0.05, 0.1) is 10.7 Å². The van der Waals surface area contributed by atoms with Crippen molar-refractivity contribution in [2.75, 3.05) is 10.6 Å². The van der Waals surface area contributed by atoms with Gasteiger partial charge in [0.15, 0.2) is 0 Å². The molecule has 0 heterocycles. The van der Waals surface area contributed by atoms with Crippen LogP contribution in [0.3, 0.4) is 0 Å². The number of rotatable bonds is 4. The van der Waals surface area contributed by atoms with Crippen molar-refractivity contribution >= 4 is 50.7 Å². The Morgan fingerprint density at radius 1 is 1.07 bits per heavy atom. The summed E-state index contributed by atoms with van der Waals surface area (Å²) < 4.78 is 38.9. The van der Waals surface area contributed by atoms with Crippen LogP contribution >= 0.6 is 27.5 Å². The van der Waals surface area contributed by atoms with E-state index in [4.69, 9.17) is 11.6 Å². The van der Waals surface area contributed by atoms with Gasteiger partial charge in [-0.15, -0.1) is 0 Å². The molecule has 2 aromatic rings. The molecule has 0 fully saturated rings. The first-order valence-corrected chi connectivity index (χ1v) is 8.56. The predicted octanol–water partition coefficient (Wildman–Crippen LogP) is 4.61. The molecule has 144 valence electrons. The summed E-state index contributed by atoms with van der Waals surface area (Å²) in [5.74, 6) is -2.19. The van der Waals surface area contributed by atoms with Crippen LogP contribution in [0.5, 0.6) is 0 Å². The highest BCUT2D eigenvalue weighted by molar-refractivity contribution is 9.10. The molecule has 0 aliphatic rings. The average Bonchev–Trinajstić information content (AvgIpc) is 2.57. The van der Waals surface area contributed by atoms with Gasteiger partial charge in [-0.1, -0.05) is 27.5 Å². The second-order valence-electron chi connectivity index (χ2n) is 5.68. The van der Waals surface area contributed by atoms with Gasteiger partial charge in [-0.25, -0.2) is 0 Å². The monoisotopic (exact) mass is 464 g/mol. The molecule has 1 unspecified atom stereocenters. The van der Waals surface area contributed by atoms with Crippen LogP contribution in [0.2, 0.25) is 5.02 Å². The van der Waals surface area contributed by atoms with E-state index in [1.165, 1.54) is 18.2 Å². The van der Waals surface area contributed by atoms with Gasteiger partial charge in [-0.05, 0) is 49.4 Å². The summed E-state index contributed by atoms with van der Waals surface area (Å²) in [6.45, 7) is 0.330. The number of hydrogen-bond donors (Lipinski definition) is 3. The topological polar surface area (TPSA) is 78.4 Å². The summed E-state index contributed by atoms with van der Waals surface area (Å²) in [5, 5.41) is 13.7. The molecule has 27 heavy (non-hydrogen) atoms. The molecule has 0 saturated carbocycles. The van der Waals surface area contributed by atoms with Crippen LogP contribution in [0, 0.1) is 0 Å². The van der Waals surface area contributed by atoms with Gasteiger partial charge >= 0.3 is 6.18 Å². The van der Waals surface area contributed by atoms with Crippen LogP contribution < -0.4 is 10.6 Å². The fraction of sp³-hybridized carbons (Fsp3) is 0.176. The lowest BCUT2D eigenvalue weighted by molar-refractivity contribution is -0.242.